The van der Waals surface area contributed by atoms with Gasteiger partial charge in [-0.3, -0.25) is 9.88 Å². The molecule has 5 nitrogen and oxygen atoms in total. The van der Waals surface area contributed by atoms with E-state index in [1.165, 1.54) is 28.6 Å². The number of sulfonamides is 1. The number of alkyl halides is 3. The van der Waals surface area contributed by atoms with Gasteiger partial charge in [-0.2, -0.15) is 17.5 Å². The van der Waals surface area contributed by atoms with Gasteiger partial charge in [-0.25, -0.2) is 8.42 Å². The number of pyridine rings is 1. The van der Waals surface area contributed by atoms with Crippen molar-refractivity contribution in [2.45, 2.75) is 17.6 Å². The van der Waals surface area contributed by atoms with Crippen LogP contribution in [-0.2, 0) is 22.7 Å². The minimum atomic E-state index is -4.50. The molecule has 3 rings (SSSR count). The molecular formula is C17H16Cl2F3N3O2S. The van der Waals surface area contributed by atoms with Crippen LogP contribution in [0.1, 0.15) is 11.3 Å². The normalized spacial score (nSPS) is 17.0. The first-order chi connectivity index (χ1) is 13.1. The molecule has 0 atom stereocenters. The van der Waals surface area contributed by atoms with Gasteiger partial charge in [-0.1, -0.05) is 23.2 Å². The Bertz CT molecular complexity index is 945. The third-order valence-corrected chi connectivity index (χ3v) is 6.89. The molecule has 0 radical (unpaired) electrons. The van der Waals surface area contributed by atoms with Crippen molar-refractivity contribution in [2.24, 2.45) is 0 Å². The molecule has 0 aliphatic carbocycles. The number of hydrogen-bond donors (Lipinski definition) is 0. The van der Waals surface area contributed by atoms with Crippen LogP contribution in [0.5, 0.6) is 0 Å². The van der Waals surface area contributed by atoms with E-state index in [1.54, 1.807) is 0 Å². The molecule has 1 aliphatic rings. The van der Waals surface area contributed by atoms with Gasteiger partial charge in [0.1, 0.15) is 0 Å². The summed E-state index contributed by atoms with van der Waals surface area (Å²) in [5, 5.41) is 0.385. The molecule has 0 bridgehead atoms. The molecule has 1 aromatic heterocycles. The highest BCUT2D eigenvalue weighted by Gasteiger charge is 2.32. The molecular weight excluding hydrogens is 438 g/mol. The van der Waals surface area contributed by atoms with E-state index in [-0.39, 0.29) is 29.6 Å². The summed E-state index contributed by atoms with van der Waals surface area (Å²) in [6, 6.07) is 6.79. The van der Waals surface area contributed by atoms with Crippen LogP contribution in [0.15, 0.2) is 41.4 Å². The van der Waals surface area contributed by atoms with Crippen molar-refractivity contribution in [2.75, 3.05) is 26.2 Å². The summed E-state index contributed by atoms with van der Waals surface area (Å²) >= 11 is 11.7. The maximum Gasteiger partial charge on any atom is 0.417 e. The summed E-state index contributed by atoms with van der Waals surface area (Å²) in [6.07, 6.45) is -3.75. The molecule has 28 heavy (non-hydrogen) atoms. The lowest BCUT2D eigenvalue weighted by Crippen LogP contribution is -2.48. The van der Waals surface area contributed by atoms with E-state index in [2.05, 4.69) is 4.98 Å². The van der Waals surface area contributed by atoms with Crippen LogP contribution in [0.25, 0.3) is 0 Å². The van der Waals surface area contributed by atoms with Crippen molar-refractivity contribution in [1.29, 1.82) is 0 Å². The van der Waals surface area contributed by atoms with Crippen LogP contribution < -0.4 is 0 Å². The Kier molecular flexibility index (Phi) is 6.21. The second-order valence-electron chi connectivity index (χ2n) is 6.28. The topological polar surface area (TPSA) is 53.5 Å². The Morgan fingerprint density at radius 3 is 2.18 bits per heavy atom. The second-order valence-corrected chi connectivity index (χ2v) is 9.07. The van der Waals surface area contributed by atoms with Crippen molar-refractivity contribution in [1.82, 2.24) is 14.2 Å². The lowest BCUT2D eigenvalue weighted by Gasteiger charge is -2.33. The minimum absolute atomic E-state index is 0.0639. The number of hydrogen-bond acceptors (Lipinski definition) is 4. The molecule has 1 fully saturated rings. The van der Waals surface area contributed by atoms with Gasteiger partial charge < -0.3 is 0 Å². The molecule has 2 heterocycles. The third-order valence-electron chi connectivity index (χ3n) is 4.40. The molecule has 2 aromatic rings. The molecule has 152 valence electrons. The monoisotopic (exact) mass is 453 g/mol. The van der Waals surface area contributed by atoms with E-state index in [0.717, 1.165) is 12.3 Å². The number of benzene rings is 1. The summed E-state index contributed by atoms with van der Waals surface area (Å²) in [5.74, 6) is 0. The van der Waals surface area contributed by atoms with Gasteiger partial charge in [0.25, 0.3) is 0 Å². The average molecular weight is 454 g/mol. The van der Waals surface area contributed by atoms with Crippen LogP contribution in [0.2, 0.25) is 10.0 Å². The van der Waals surface area contributed by atoms with Gasteiger partial charge >= 0.3 is 6.18 Å². The lowest BCUT2D eigenvalue weighted by molar-refractivity contribution is -0.137. The van der Waals surface area contributed by atoms with E-state index in [9.17, 15) is 21.6 Å². The van der Waals surface area contributed by atoms with Crippen LogP contribution in [0, 0.1) is 0 Å². The fourth-order valence-electron chi connectivity index (χ4n) is 2.83. The highest BCUT2D eigenvalue weighted by Crippen LogP contribution is 2.31. The lowest BCUT2D eigenvalue weighted by atomic mass is 10.2. The summed E-state index contributed by atoms with van der Waals surface area (Å²) in [7, 11) is -3.62. The first-order valence-corrected chi connectivity index (χ1v) is 10.5. The molecule has 1 aromatic carbocycles. The molecule has 11 heteroatoms. The van der Waals surface area contributed by atoms with Gasteiger partial charge in [-0.15, -0.1) is 0 Å². The van der Waals surface area contributed by atoms with E-state index >= 15 is 0 Å². The number of aromatic nitrogens is 1. The zero-order valence-corrected chi connectivity index (χ0v) is 16.8. The highest BCUT2D eigenvalue weighted by atomic mass is 35.5. The number of halogens is 5. The maximum absolute atomic E-state index is 12.7. The quantitative estimate of drug-likeness (QED) is 0.703. The van der Waals surface area contributed by atoms with Crippen molar-refractivity contribution in [3.8, 4) is 0 Å². The Hall–Kier alpha value is -1.39. The molecule has 1 saturated heterocycles. The molecule has 0 saturated carbocycles. The van der Waals surface area contributed by atoms with Crippen LogP contribution in [0.4, 0.5) is 13.2 Å². The zero-order valence-electron chi connectivity index (χ0n) is 14.5. The van der Waals surface area contributed by atoms with E-state index in [1.807, 2.05) is 4.90 Å². The van der Waals surface area contributed by atoms with Crippen LogP contribution in [0.3, 0.4) is 0 Å². The highest BCUT2D eigenvalue weighted by molar-refractivity contribution is 7.89. The van der Waals surface area contributed by atoms with Crippen molar-refractivity contribution < 1.29 is 21.6 Å². The van der Waals surface area contributed by atoms with Crippen LogP contribution >= 0.6 is 23.2 Å². The number of rotatable bonds is 4. The van der Waals surface area contributed by atoms with E-state index < -0.39 is 21.8 Å². The fourth-order valence-corrected chi connectivity index (χ4v) is 4.61. The van der Waals surface area contributed by atoms with Crippen molar-refractivity contribution in [3.05, 3.63) is 57.8 Å². The Balaban J connectivity index is 1.64. The zero-order chi connectivity index (χ0) is 20.5. The molecule has 0 amide bonds. The van der Waals surface area contributed by atoms with Crippen molar-refractivity contribution in [3.63, 3.8) is 0 Å². The summed E-state index contributed by atoms with van der Waals surface area (Å²) < 4.78 is 64.8. The van der Waals surface area contributed by atoms with E-state index in [4.69, 9.17) is 23.2 Å². The van der Waals surface area contributed by atoms with Gasteiger partial charge in [-0.05, 0) is 30.3 Å². The molecule has 0 unspecified atom stereocenters. The molecule has 0 spiro atoms. The fraction of sp³-hybridized carbons (Fsp3) is 0.353. The van der Waals surface area contributed by atoms with Crippen molar-refractivity contribution >= 4 is 33.2 Å². The second kappa shape index (κ2) is 8.16. The predicted octanol–water partition coefficient (Wildman–Crippen LogP) is 3.91. The summed E-state index contributed by atoms with van der Waals surface area (Å²) in [5.41, 5.74) is -0.580. The number of nitrogens with zero attached hydrogens (tertiary/aromatic N) is 3. The molecule has 0 N–H and O–H groups in total. The smallest absolute Gasteiger partial charge is 0.295 e. The van der Waals surface area contributed by atoms with Crippen LogP contribution in [-0.4, -0.2) is 48.8 Å². The Morgan fingerprint density at radius 2 is 1.64 bits per heavy atom. The SMILES string of the molecule is O=S(=O)(c1ccc(Cl)cc1)N1CCN(Cc2ncc(C(F)(F)F)cc2Cl)CC1. The largest absolute Gasteiger partial charge is 0.417 e. The Labute approximate surface area is 170 Å². The average Bonchev–Trinajstić information content (AvgIpc) is 2.63. The first-order valence-electron chi connectivity index (χ1n) is 8.27. The predicted molar refractivity (Wildman–Crippen MR) is 99.7 cm³/mol. The number of piperazine rings is 1. The van der Waals surface area contributed by atoms with Gasteiger partial charge in [0, 0.05) is 43.9 Å². The summed E-state index contributed by atoms with van der Waals surface area (Å²) in [6.45, 7) is 1.57. The summed E-state index contributed by atoms with van der Waals surface area (Å²) in [4.78, 5) is 5.89. The third kappa shape index (κ3) is 4.77. The van der Waals surface area contributed by atoms with Gasteiger partial charge in [0.15, 0.2) is 0 Å². The van der Waals surface area contributed by atoms with Gasteiger partial charge in [0.05, 0.1) is 21.2 Å². The first kappa shape index (κ1) is 21.3. The maximum atomic E-state index is 12.7. The van der Waals surface area contributed by atoms with Gasteiger partial charge in [0.2, 0.25) is 10.0 Å². The molecule has 1 aliphatic heterocycles. The van der Waals surface area contributed by atoms with E-state index in [0.29, 0.717) is 23.8 Å². The minimum Gasteiger partial charge on any atom is -0.295 e. The standard InChI is InChI=1S/C17H16Cl2F3N3O2S/c18-13-1-3-14(4-2-13)28(26,27)25-7-5-24(6-8-25)11-16-15(19)9-12(10-23-16)17(20,21)22/h1-4,9-10H,5-8,11H2. The Morgan fingerprint density at radius 1 is 1.04 bits per heavy atom.